The molecular weight excluding hydrogens is 316 g/mol. The standard InChI is InChI=1S/C16H13ClN4O2/c1-10-2-7-15(23-10)13-8-14(20-19-13)16(22)21-18-9-11-3-5-12(17)6-4-11/h2-9H,1H3,(H,19,20)(H,21,22)/b18-9+. The second kappa shape index (κ2) is 6.50. The van der Waals surface area contributed by atoms with Gasteiger partial charge in [-0.3, -0.25) is 9.89 Å². The summed E-state index contributed by atoms with van der Waals surface area (Å²) in [5.74, 6) is 0.993. The van der Waals surface area contributed by atoms with Crippen molar-refractivity contribution in [3.05, 3.63) is 64.5 Å². The molecule has 0 aliphatic rings. The van der Waals surface area contributed by atoms with Gasteiger partial charge in [0.05, 0.1) is 6.21 Å². The number of H-pyrrole nitrogens is 1. The number of rotatable bonds is 4. The van der Waals surface area contributed by atoms with Gasteiger partial charge in [-0.15, -0.1) is 0 Å². The lowest BCUT2D eigenvalue weighted by Crippen LogP contribution is -2.17. The van der Waals surface area contributed by atoms with Crippen molar-refractivity contribution in [2.75, 3.05) is 0 Å². The van der Waals surface area contributed by atoms with Crippen LogP contribution in [0.25, 0.3) is 11.5 Å². The monoisotopic (exact) mass is 328 g/mol. The first-order valence-electron chi connectivity index (χ1n) is 6.83. The van der Waals surface area contributed by atoms with Gasteiger partial charge in [0.2, 0.25) is 0 Å². The lowest BCUT2D eigenvalue weighted by Gasteiger charge is -1.95. The van der Waals surface area contributed by atoms with Crippen molar-refractivity contribution >= 4 is 23.7 Å². The number of aromatic nitrogens is 2. The highest BCUT2D eigenvalue weighted by molar-refractivity contribution is 6.30. The van der Waals surface area contributed by atoms with Gasteiger partial charge in [-0.1, -0.05) is 23.7 Å². The molecule has 23 heavy (non-hydrogen) atoms. The number of nitrogens with one attached hydrogen (secondary N) is 2. The molecule has 1 aromatic carbocycles. The number of hydrogen-bond acceptors (Lipinski definition) is 4. The molecule has 0 fully saturated rings. The summed E-state index contributed by atoms with van der Waals surface area (Å²) < 4.78 is 5.47. The first-order chi connectivity index (χ1) is 11.1. The number of halogens is 1. The van der Waals surface area contributed by atoms with Gasteiger partial charge >= 0.3 is 0 Å². The van der Waals surface area contributed by atoms with E-state index in [2.05, 4.69) is 20.7 Å². The van der Waals surface area contributed by atoms with E-state index in [1.54, 1.807) is 30.3 Å². The average Bonchev–Trinajstić information content (AvgIpc) is 3.18. The van der Waals surface area contributed by atoms with E-state index in [1.807, 2.05) is 19.1 Å². The van der Waals surface area contributed by atoms with Gasteiger partial charge < -0.3 is 4.42 Å². The van der Waals surface area contributed by atoms with E-state index in [4.69, 9.17) is 16.0 Å². The topological polar surface area (TPSA) is 83.3 Å². The van der Waals surface area contributed by atoms with Crippen molar-refractivity contribution < 1.29 is 9.21 Å². The third-order valence-electron chi connectivity index (χ3n) is 3.07. The van der Waals surface area contributed by atoms with Crippen LogP contribution in [-0.2, 0) is 0 Å². The highest BCUT2D eigenvalue weighted by atomic mass is 35.5. The Balaban J connectivity index is 1.64. The van der Waals surface area contributed by atoms with E-state index < -0.39 is 5.91 Å². The molecule has 3 aromatic rings. The maximum absolute atomic E-state index is 12.0. The van der Waals surface area contributed by atoms with Crippen molar-refractivity contribution in [1.29, 1.82) is 0 Å². The number of hydrogen-bond donors (Lipinski definition) is 2. The third-order valence-corrected chi connectivity index (χ3v) is 3.32. The summed E-state index contributed by atoms with van der Waals surface area (Å²) in [5, 5.41) is 11.2. The van der Waals surface area contributed by atoms with E-state index in [-0.39, 0.29) is 5.69 Å². The zero-order valence-corrected chi connectivity index (χ0v) is 13.0. The average molecular weight is 329 g/mol. The number of aromatic amines is 1. The zero-order valence-electron chi connectivity index (χ0n) is 12.2. The van der Waals surface area contributed by atoms with Gasteiger partial charge in [-0.25, -0.2) is 5.43 Å². The Kier molecular flexibility index (Phi) is 4.25. The number of furan rings is 1. The molecule has 0 aliphatic heterocycles. The maximum atomic E-state index is 12.0. The summed E-state index contributed by atoms with van der Waals surface area (Å²) in [6, 6.07) is 12.3. The van der Waals surface area contributed by atoms with Crippen LogP contribution in [-0.4, -0.2) is 22.3 Å². The second-order valence-corrected chi connectivity index (χ2v) is 5.26. The number of carbonyl (C=O) groups excluding carboxylic acids is 1. The van der Waals surface area contributed by atoms with Crippen molar-refractivity contribution in [2.45, 2.75) is 6.92 Å². The van der Waals surface area contributed by atoms with Crippen LogP contribution in [0.1, 0.15) is 21.8 Å². The normalized spacial score (nSPS) is 11.0. The Hall–Kier alpha value is -2.86. The predicted octanol–water partition coefficient (Wildman–Crippen LogP) is 3.40. The molecular formula is C16H13ClN4O2. The predicted molar refractivity (Wildman–Crippen MR) is 87.5 cm³/mol. The van der Waals surface area contributed by atoms with Crippen LogP contribution < -0.4 is 5.43 Å². The third kappa shape index (κ3) is 3.67. The largest absolute Gasteiger partial charge is 0.460 e. The molecule has 6 nitrogen and oxygen atoms in total. The molecule has 0 spiro atoms. The summed E-state index contributed by atoms with van der Waals surface area (Å²) in [5.41, 5.74) is 4.09. The van der Waals surface area contributed by atoms with E-state index in [1.165, 1.54) is 6.21 Å². The molecule has 2 N–H and O–H groups in total. The fourth-order valence-corrected chi connectivity index (χ4v) is 2.04. The lowest BCUT2D eigenvalue weighted by molar-refractivity contribution is 0.0950. The van der Waals surface area contributed by atoms with Gasteiger partial charge in [0.1, 0.15) is 11.5 Å². The summed E-state index contributed by atoms with van der Waals surface area (Å²) in [6.45, 7) is 1.85. The Morgan fingerprint density at radius 1 is 1.30 bits per heavy atom. The van der Waals surface area contributed by atoms with Crippen LogP contribution in [0, 0.1) is 6.92 Å². The molecule has 2 heterocycles. The van der Waals surface area contributed by atoms with Crippen molar-refractivity contribution in [2.24, 2.45) is 5.10 Å². The molecule has 0 saturated carbocycles. The van der Waals surface area contributed by atoms with Crippen LogP contribution in [0.4, 0.5) is 0 Å². The first kappa shape index (κ1) is 15.1. The molecule has 2 aromatic heterocycles. The minimum absolute atomic E-state index is 0.224. The number of amides is 1. The van der Waals surface area contributed by atoms with Gasteiger partial charge in [0, 0.05) is 11.1 Å². The van der Waals surface area contributed by atoms with E-state index in [0.29, 0.717) is 16.5 Å². The van der Waals surface area contributed by atoms with Crippen LogP contribution >= 0.6 is 11.6 Å². The van der Waals surface area contributed by atoms with Crippen LogP contribution in [0.15, 0.2) is 52.0 Å². The molecule has 0 unspecified atom stereocenters. The van der Waals surface area contributed by atoms with Gasteiger partial charge in [-0.05, 0) is 36.8 Å². The fourth-order valence-electron chi connectivity index (χ4n) is 1.92. The Morgan fingerprint density at radius 3 is 2.78 bits per heavy atom. The molecule has 0 aliphatic carbocycles. The molecule has 0 radical (unpaired) electrons. The zero-order chi connectivity index (χ0) is 16.2. The fraction of sp³-hybridized carbons (Fsp3) is 0.0625. The van der Waals surface area contributed by atoms with Crippen molar-refractivity contribution in [3.63, 3.8) is 0 Å². The van der Waals surface area contributed by atoms with Crippen molar-refractivity contribution in [1.82, 2.24) is 15.6 Å². The quantitative estimate of drug-likeness (QED) is 0.568. The SMILES string of the molecule is Cc1ccc(-c2cc(C(=O)N/N=C/c3ccc(Cl)cc3)n[nH]2)o1. The number of benzene rings is 1. The molecule has 116 valence electrons. The van der Waals surface area contributed by atoms with Crippen LogP contribution in [0.2, 0.25) is 5.02 Å². The van der Waals surface area contributed by atoms with E-state index in [9.17, 15) is 4.79 Å². The van der Waals surface area contributed by atoms with Crippen molar-refractivity contribution in [3.8, 4) is 11.5 Å². The first-order valence-corrected chi connectivity index (χ1v) is 7.21. The van der Waals surface area contributed by atoms with Gasteiger partial charge in [0.25, 0.3) is 5.91 Å². The molecule has 3 rings (SSSR count). The molecule has 0 saturated heterocycles. The van der Waals surface area contributed by atoms with Gasteiger partial charge in [0.15, 0.2) is 11.5 Å². The number of hydrazone groups is 1. The lowest BCUT2D eigenvalue weighted by atomic mass is 10.2. The van der Waals surface area contributed by atoms with Crippen LogP contribution in [0.5, 0.6) is 0 Å². The molecule has 7 heteroatoms. The molecule has 0 bridgehead atoms. The minimum Gasteiger partial charge on any atom is -0.460 e. The Labute approximate surface area is 137 Å². The smallest absolute Gasteiger partial charge is 0.291 e. The molecule has 0 atom stereocenters. The summed E-state index contributed by atoms with van der Waals surface area (Å²) in [6.07, 6.45) is 1.53. The Morgan fingerprint density at radius 2 is 2.09 bits per heavy atom. The second-order valence-electron chi connectivity index (χ2n) is 4.83. The Bertz CT molecular complexity index is 849. The highest BCUT2D eigenvalue weighted by Crippen LogP contribution is 2.20. The maximum Gasteiger partial charge on any atom is 0.291 e. The number of nitrogens with zero attached hydrogens (tertiary/aromatic N) is 2. The number of aryl methyl sites for hydroxylation is 1. The van der Waals surface area contributed by atoms with E-state index in [0.717, 1.165) is 11.3 Å². The summed E-state index contributed by atoms with van der Waals surface area (Å²) in [7, 11) is 0. The molecule has 1 amide bonds. The van der Waals surface area contributed by atoms with E-state index >= 15 is 0 Å². The van der Waals surface area contributed by atoms with Crippen LogP contribution in [0.3, 0.4) is 0 Å². The highest BCUT2D eigenvalue weighted by Gasteiger charge is 2.12. The summed E-state index contributed by atoms with van der Waals surface area (Å²) >= 11 is 5.80. The summed E-state index contributed by atoms with van der Waals surface area (Å²) in [4.78, 5) is 12.0. The number of carbonyl (C=O) groups is 1. The minimum atomic E-state index is -0.416. The van der Waals surface area contributed by atoms with Gasteiger partial charge in [-0.2, -0.15) is 10.2 Å².